The molecule has 0 spiro atoms. The van der Waals surface area contributed by atoms with Crippen molar-refractivity contribution in [1.82, 2.24) is 6.15 Å². The van der Waals surface area contributed by atoms with Crippen molar-refractivity contribution in [3.8, 4) is 0 Å². The first-order valence-corrected chi connectivity index (χ1v) is 4.79. The Morgan fingerprint density at radius 2 is 1.57 bits per heavy atom. The Morgan fingerprint density at radius 3 is 2.29 bits per heavy atom. The van der Waals surface area contributed by atoms with Gasteiger partial charge in [0.2, 0.25) is 0 Å². The minimum Gasteiger partial charge on any atom is -0.344 e. The van der Waals surface area contributed by atoms with Crippen LogP contribution in [-0.4, -0.2) is 0 Å². The zero-order valence-corrected chi connectivity index (χ0v) is 8.88. The van der Waals surface area contributed by atoms with Gasteiger partial charge in [0.15, 0.2) is 0 Å². The van der Waals surface area contributed by atoms with Crippen molar-refractivity contribution in [2.45, 2.75) is 20.3 Å². The summed E-state index contributed by atoms with van der Waals surface area (Å²) >= 11 is 0. The van der Waals surface area contributed by atoms with Crippen LogP contribution >= 0.6 is 0 Å². The fraction of sp³-hybridized carbons (Fsp3) is 0.231. The van der Waals surface area contributed by atoms with Crippen LogP contribution in [0.5, 0.6) is 0 Å². The molecule has 2 aromatic rings. The quantitative estimate of drug-likeness (QED) is 0.722. The van der Waals surface area contributed by atoms with Gasteiger partial charge in [-0.1, -0.05) is 48.9 Å². The summed E-state index contributed by atoms with van der Waals surface area (Å²) in [6, 6.07) is 13.3. The van der Waals surface area contributed by atoms with Gasteiger partial charge in [-0.05, 0) is 29.7 Å². The van der Waals surface area contributed by atoms with Crippen molar-refractivity contribution < 1.29 is 0 Å². The molecular formula is C13H17N. The molecule has 0 heterocycles. The third-order valence-electron chi connectivity index (χ3n) is 2.47. The van der Waals surface area contributed by atoms with E-state index in [2.05, 4.69) is 50.2 Å². The Morgan fingerprint density at radius 1 is 0.929 bits per heavy atom. The average Bonchev–Trinajstić information content (AvgIpc) is 2.17. The maximum Gasteiger partial charge on any atom is -0.0181 e. The Bertz CT molecular complexity index is 432. The molecule has 0 saturated heterocycles. The third-order valence-corrected chi connectivity index (χ3v) is 2.47. The van der Waals surface area contributed by atoms with Crippen molar-refractivity contribution >= 4 is 10.8 Å². The first-order valence-electron chi connectivity index (χ1n) is 4.79. The van der Waals surface area contributed by atoms with Crippen molar-refractivity contribution in [3.05, 3.63) is 47.5 Å². The fourth-order valence-corrected chi connectivity index (χ4v) is 1.63. The number of hydrogen-bond acceptors (Lipinski definition) is 1. The van der Waals surface area contributed by atoms with E-state index in [0.29, 0.717) is 0 Å². The van der Waals surface area contributed by atoms with Gasteiger partial charge in [0.1, 0.15) is 0 Å². The van der Waals surface area contributed by atoms with E-state index in [0.717, 1.165) is 6.42 Å². The Hall–Kier alpha value is -1.34. The summed E-state index contributed by atoms with van der Waals surface area (Å²) < 4.78 is 0. The lowest BCUT2D eigenvalue weighted by molar-refractivity contribution is 1.15. The second kappa shape index (κ2) is 4.25. The lowest BCUT2D eigenvalue weighted by Crippen LogP contribution is -1.80. The van der Waals surface area contributed by atoms with Crippen LogP contribution in [0.15, 0.2) is 36.4 Å². The molecule has 74 valence electrons. The number of rotatable bonds is 1. The molecule has 2 aromatic carbocycles. The van der Waals surface area contributed by atoms with E-state index >= 15 is 0 Å². The Labute approximate surface area is 85.3 Å². The smallest absolute Gasteiger partial charge is 0.0181 e. The molecule has 0 aromatic heterocycles. The lowest BCUT2D eigenvalue weighted by Gasteiger charge is -2.01. The van der Waals surface area contributed by atoms with Crippen molar-refractivity contribution in [1.29, 1.82) is 0 Å². The van der Waals surface area contributed by atoms with E-state index in [1.807, 2.05) is 0 Å². The number of fused-ring (bicyclic) bond motifs is 1. The van der Waals surface area contributed by atoms with E-state index in [1.54, 1.807) is 0 Å². The van der Waals surface area contributed by atoms with Crippen LogP contribution in [0, 0.1) is 6.92 Å². The van der Waals surface area contributed by atoms with Gasteiger partial charge in [-0.3, -0.25) is 0 Å². The van der Waals surface area contributed by atoms with Crippen molar-refractivity contribution in [2.75, 3.05) is 0 Å². The summed E-state index contributed by atoms with van der Waals surface area (Å²) in [5.41, 5.74) is 2.74. The second-order valence-electron chi connectivity index (χ2n) is 3.54. The van der Waals surface area contributed by atoms with E-state index < -0.39 is 0 Å². The third kappa shape index (κ3) is 1.94. The minimum absolute atomic E-state index is 0. The first kappa shape index (κ1) is 10.7. The van der Waals surface area contributed by atoms with Gasteiger partial charge >= 0.3 is 0 Å². The Kier molecular flexibility index (Phi) is 3.26. The number of hydrogen-bond donors (Lipinski definition) is 1. The van der Waals surface area contributed by atoms with Crippen LogP contribution in [0.4, 0.5) is 0 Å². The van der Waals surface area contributed by atoms with Crippen molar-refractivity contribution in [3.63, 3.8) is 0 Å². The molecule has 0 unspecified atom stereocenters. The molecule has 0 aliphatic heterocycles. The SMILES string of the molecule is CCc1ccc2cc(C)ccc2c1.N. The standard InChI is InChI=1S/C13H14.H3N/c1-3-11-5-7-12-8-10(2)4-6-13(12)9-11;/h4-9H,3H2,1-2H3;1H3. The van der Waals surface area contributed by atoms with E-state index in [9.17, 15) is 0 Å². The summed E-state index contributed by atoms with van der Waals surface area (Å²) in [5, 5.41) is 2.70. The average molecular weight is 187 g/mol. The monoisotopic (exact) mass is 187 g/mol. The predicted molar refractivity (Wildman–Crippen MR) is 63.1 cm³/mol. The van der Waals surface area contributed by atoms with Crippen LogP contribution in [0.2, 0.25) is 0 Å². The van der Waals surface area contributed by atoms with Gasteiger partial charge < -0.3 is 6.15 Å². The summed E-state index contributed by atoms with van der Waals surface area (Å²) in [7, 11) is 0. The van der Waals surface area contributed by atoms with Crippen LogP contribution in [0.1, 0.15) is 18.1 Å². The maximum absolute atomic E-state index is 2.27. The van der Waals surface area contributed by atoms with Gasteiger partial charge in [-0.25, -0.2) is 0 Å². The van der Waals surface area contributed by atoms with Crippen LogP contribution in [0.25, 0.3) is 10.8 Å². The molecule has 0 bridgehead atoms. The summed E-state index contributed by atoms with van der Waals surface area (Å²) in [4.78, 5) is 0. The molecule has 0 atom stereocenters. The van der Waals surface area contributed by atoms with Crippen molar-refractivity contribution in [2.24, 2.45) is 0 Å². The predicted octanol–water partition coefficient (Wildman–Crippen LogP) is 3.87. The molecule has 1 nitrogen and oxygen atoms in total. The van der Waals surface area contributed by atoms with Crippen LogP contribution in [0.3, 0.4) is 0 Å². The van der Waals surface area contributed by atoms with E-state index in [-0.39, 0.29) is 6.15 Å². The normalized spacial score (nSPS) is 9.86. The molecule has 0 radical (unpaired) electrons. The molecule has 0 fully saturated rings. The van der Waals surface area contributed by atoms with Gasteiger partial charge in [0.05, 0.1) is 0 Å². The first-order chi connectivity index (χ1) is 6.29. The van der Waals surface area contributed by atoms with Crippen LogP contribution in [-0.2, 0) is 6.42 Å². The summed E-state index contributed by atoms with van der Waals surface area (Å²) in [6.07, 6.45) is 1.11. The zero-order valence-electron chi connectivity index (χ0n) is 8.88. The van der Waals surface area contributed by atoms with Crippen LogP contribution < -0.4 is 6.15 Å². The Balaban J connectivity index is 0.000000980. The molecule has 3 N–H and O–H groups in total. The molecule has 1 heteroatoms. The highest BCUT2D eigenvalue weighted by Gasteiger charge is 1.94. The zero-order chi connectivity index (χ0) is 9.26. The molecular weight excluding hydrogens is 170 g/mol. The lowest BCUT2D eigenvalue weighted by atomic mass is 10.0. The molecule has 0 aliphatic rings. The largest absolute Gasteiger partial charge is 0.344 e. The van der Waals surface area contributed by atoms with E-state index in [1.165, 1.54) is 21.9 Å². The summed E-state index contributed by atoms with van der Waals surface area (Å²) in [5.74, 6) is 0. The molecule has 14 heavy (non-hydrogen) atoms. The number of aryl methyl sites for hydroxylation is 2. The molecule has 0 saturated carbocycles. The maximum atomic E-state index is 2.27. The minimum atomic E-state index is 0. The molecule has 0 aliphatic carbocycles. The van der Waals surface area contributed by atoms with Gasteiger partial charge in [-0.2, -0.15) is 0 Å². The number of benzene rings is 2. The highest BCUT2D eigenvalue weighted by atomic mass is 14.0. The highest BCUT2D eigenvalue weighted by Crippen LogP contribution is 2.17. The second-order valence-corrected chi connectivity index (χ2v) is 3.54. The summed E-state index contributed by atoms with van der Waals surface area (Å²) in [6.45, 7) is 4.32. The molecule has 2 rings (SSSR count). The van der Waals surface area contributed by atoms with Gasteiger partial charge in [-0.15, -0.1) is 0 Å². The van der Waals surface area contributed by atoms with Gasteiger partial charge in [0, 0.05) is 0 Å². The van der Waals surface area contributed by atoms with E-state index in [4.69, 9.17) is 0 Å². The van der Waals surface area contributed by atoms with Gasteiger partial charge in [0.25, 0.3) is 0 Å². The fourth-order valence-electron chi connectivity index (χ4n) is 1.63. The molecule has 0 amide bonds. The topological polar surface area (TPSA) is 35.0 Å². The highest BCUT2D eigenvalue weighted by molar-refractivity contribution is 5.83.